The van der Waals surface area contributed by atoms with Crippen LogP contribution >= 0.6 is 140 Å². The molecule has 0 aliphatic heterocycles. The van der Waals surface area contributed by atoms with Gasteiger partial charge < -0.3 is 0 Å². The molecular weight excluding hydrogens is 651 g/mol. The molecule has 1 saturated carbocycles. The Morgan fingerprint density at radius 1 is 0.452 bits per heavy atom. The average molecular weight is 661 g/mol. The Hall–Kier alpha value is 1.96. The van der Waals surface area contributed by atoms with Crippen LogP contribution in [0.5, 0.6) is 0 Å². The monoisotopic (exact) mass is 656 g/mol. The molecule has 14 heteroatoms. The molecule has 1 fully saturated rings. The van der Waals surface area contributed by atoms with Crippen LogP contribution in [0, 0.1) is 0 Å². The summed E-state index contributed by atoms with van der Waals surface area (Å²) in [7, 11) is 0. The van der Waals surface area contributed by atoms with Gasteiger partial charge in [-0.25, -0.2) is 0 Å². The minimum atomic E-state index is 0.0775. The zero-order chi connectivity index (χ0) is 23.0. The van der Waals surface area contributed by atoms with E-state index in [0.29, 0.717) is 9.79 Å². The summed E-state index contributed by atoms with van der Waals surface area (Å²) >= 11 is 64.4. The summed E-state index contributed by atoms with van der Waals surface area (Å²) in [4.78, 5) is 1.01. The highest BCUT2D eigenvalue weighted by molar-refractivity contribution is 7.98. The zero-order valence-electron chi connectivity index (χ0n) is 14.9. The molecule has 1 aliphatic rings. The fraction of sp³-hybridized carbons (Fsp3) is 0.294. The number of hydrogen-bond acceptors (Lipinski definition) is 4. The highest BCUT2D eigenvalue weighted by Gasteiger charge is 2.30. The van der Waals surface area contributed by atoms with Crippen molar-refractivity contribution >= 4 is 140 Å². The van der Waals surface area contributed by atoms with Gasteiger partial charge in [-0.3, -0.25) is 9.44 Å². The van der Waals surface area contributed by atoms with E-state index in [1.54, 1.807) is 0 Å². The molecule has 0 saturated heterocycles. The Morgan fingerprint density at radius 2 is 0.710 bits per heavy atom. The first kappa shape index (κ1) is 27.5. The smallest absolute Gasteiger partial charge is 0.0809 e. The van der Waals surface area contributed by atoms with E-state index >= 15 is 0 Å². The van der Waals surface area contributed by atoms with Gasteiger partial charge in [-0.1, -0.05) is 122 Å². The molecular formula is C17H10Cl10N2S2. The lowest BCUT2D eigenvalue weighted by atomic mass is 10.2. The van der Waals surface area contributed by atoms with Crippen molar-refractivity contribution in [1.82, 2.24) is 9.44 Å². The Kier molecular flexibility index (Phi) is 10.5. The largest absolute Gasteiger partial charge is 0.255 e. The van der Waals surface area contributed by atoms with Gasteiger partial charge in [-0.2, -0.15) is 0 Å². The van der Waals surface area contributed by atoms with Crippen molar-refractivity contribution in [3.8, 4) is 0 Å². The highest BCUT2D eigenvalue weighted by atomic mass is 35.5. The topological polar surface area (TPSA) is 24.1 Å². The normalized spacial score (nSPS) is 18.8. The van der Waals surface area contributed by atoms with Crippen LogP contribution in [-0.4, -0.2) is 12.1 Å². The quantitative estimate of drug-likeness (QED) is 0.183. The molecule has 0 spiro atoms. The van der Waals surface area contributed by atoms with E-state index in [4.69, 9.17) is 116 Å². The van der Waals surface area contributed by atoms with Crippen molar-refractivity contribution < 1.29 is 0 Å². The minimum Gasteiger partial charge on any atom is -0.255 e. The molecule has 0 aromatic heterocycles. The van der Waals surface area contributed by atoms with Crippen LogP contribution in [0.4, 0.5) is 0 Å². The van der Waals surface area contributed by atoms with Crippen LogP contribution in [0.2, 0.25) is 50.2 Å². The molecule has 2 atom stereocenters. The van der Waals surface area contributed by atoms with E-state index in [2.05, 4.69) is 9.44 Å². The van der Waals surface area contributed by atoms with E-state index in [0.717, 1.165) is 19.3 Å². The lowest BCUT2D eigenvalue weighted by Gasteiger charge is -2.23. The molecule has 1 aliphatic carbocycles. The minimum absolute atomic E-state index is 0.0775. The third-order valence-corrected chi connectivity index (χ3v) is 11.5. The molecule has 0 bridgehead atoms. The molecule has 2 nitrogen and oxygen atoms in total. The molecule has 170 valence electrons. The summed E-state index contributed by atoms with van der Waals surface area (Å²) in [6.45, 7) is 0. The molecule has 3 rings (SSSR count). The van der Waals surface area contributed by atoms with Gasteiger partial charge in [0.2, 0.25) is 0 Å². The Bertz CT molecular complexity index is 882. The van der Waals surface area contributed by atoms with Crippen LogP contribution in [0.3, 0.4) is 0 Å². The van der Waals surface area contributed by atoms with Gasteiger partial charge >= 0.3 is 0 Å². The van der Waals surface area contributed by atoms with Gasteiger partial charge in [0.05, 0.1) is 60.0 Å². The summed E-state index contributed by atoms with van der Waals surface area (Å²) in [5.74, 6) is 0. The second-order valence-corrected chi connectivity index (χ2v) is 11.9. The van der Waals surface area contributed by atoms with E-state index in [-0.39, 0.29) is 62.3 Å². The fourth-order valence-corrected chi connectivity index (χ4v) is 7.69. The number of nitrogens with one attached hydrogen (secondary N) is 2. The van der Waals surface area contributed by atoms with Gasteiger partial charge in [0.15, 0.2) is 0 Å². The van der Waals surface area contributed by atoms with Crippen LogP contribution in [0.15, 0.2) is 9.79 Å². The zero-order valence-corrected chi connectivity index (χ0v) is 24.1. The van der Waals surface area contributed by atoms with Crippen molar-refractivity contribution in [2.45, 2.75) is 41.1 Å². The molecule has 2 N–H and O–H groups in total. The van der Waals surface area contributed by atoms with E-state index in [1.165, 1.54) is 23.9 Å². The predicted molar refractivity (Wildman–Crippen MR) is 142 cm³/mol. The highest BCUT2D eigenvalue weighted by Crippen LogP contribution is 2.49. The SMILES string of the molecule is Clc1c(Cl)c(Cl)c(SNC2CCCC2NSc2c(Cl)c(Cl)c(Cl)c(Cl)c2Cl)c(Cl)c1Cl. The third-order valence-electron chi connectivity index (χ3n) is 4.48. The lowest BCUT2D eigenvalue weighted by molar-refractivity contribution is 0.544. The van der Waals surface area contributed by atoms with E-state index in [1.807, 2.05) is 0 Å². The van der Waals surface area contributed by atoms with Gasteiger partial charge in [-0.05, 0) is 36.7 Å². The van der Waals surface area contributed by atoms with Gasteiger partial charge in [-0.15, -0.1) is 0 Å². The van der Waals surface area contributed by atoms with Gasteiger partial charge in [0.25, 0.3) is 0 Å². The van der Waals surface area contributed by atoms with Crippen LogP contribution < -0.4 is 9.44 Å². The fourth-order valence-electron chi connectivity index (χ4n) is 2.86. The molecule has 2 aromatic rings. The van der Waals surface area contributed by atoms with E-state index < -0.39 is 0 Å². The van der Waals surface area contributed by atoms with Crippen LogP contribution in [-0.2, 0) is 0 Å². The van der Waals surface area contributed by atoms with E-state index in [9.17, 15) is 0 Å². The second kappa shape index (κ2) is 11.8. The molecule has 0 amide bonds. The summed E-state index contributed by atoms with van der Waals surface area (Å²) in [5.41, 5.74) is 0. The van der Waals surface area contributed by atoms with Gasteiger partial charge in [0, 0.05) is 12.1 Å². The molecule has 2 aromatic carbocycles. The number of halogens is 10. The maximum atomic E-state index is 6.31. The van der Waals surface area contributed by atoms with Crippen molar-refractivity contribution in [3.05, 3.63) is 50.2 Å². The maximum absolute atomic E-state index is 6.31. The maximum Gasteiger partial charge on any atom is 0.0809 e. The van der Waals surface area contributed by atoms with Crippen molar-refractivity contribution in [2.75, 3.05) is 0 Å². The second-order valence-electron chi connectivity index (χ2n) is 6.38. The predicted octanol–water partition coefficient (Wildman–Crippen LogP) is 11.0. The summed E-state index contributed by atoms with van der Waals surface area (Å²) < 4.78 is 6.75. The molecule has 31 heavy (non-hydrogen) atoms. The number of benzene rings is 2. The lowest BCUT2D eigenvalue weighted by Crippen LogP contribution is -2.38. The first-order chi connectivity index (χ1) is 14.6. The summed E-state index contributed by atoms with van der Waals surface area (Å²) in [5, 5.41) is 1.79. The Morgan fingerprint density at radius 3 is 1.00 bits per heavy atom. The van der Waals surface area contributed by atoms with Crippen LogP contribution in [0.1, 0.15) is 19.3 Å². The van der Waals surface area contributed by atoms with Crippen LogP contribution in [0.25, 0.3) is 0 Å². The summed E-state index contributed by atoms with van der Waals surface area (Å²) in [6, 6.07) is 0.155. The third kappa shape index (κ3) is 5.86. The molecule has 2 unspecified atom stereocenters. The molecule has 0 heterocycles. The Balaban J connectivity index is 1.72. The Labute approximate surface area is 238 Å². The first-order valence-corrected chi connectivity index (χ1v) is 13.8. The van der Waals surface area contributed by atoms with Gasteiger partial charge in [0.1, 0.15) is 0 Å². The first-order valence-electron chi connectivity index (χ1n) is 8.43. The number of hydrogen-bond donors (Lipinski definition) is 2. The average Bonchev–Trinajstić information content (AvgIpc) is 3.20. The van der Waals surface area contributed by atoms with Crippen molar-refractivity contribution in [2.24, 2.45) is 0 Å². The standard InChI is InChI=1S/C17H10Cl10N2S2/c18-6-8(20)12(24)16(13(25)9(6)21)30-28-4-2-1-3-5(4)29-31-17-14(26)10(22)7(19)11(23)15(17)27/h4-5,28-29H,1-3H2. The van der Waals surface area contributed by atoms with Crippen molar-refractivity contribution in [1.29, 1.82) is 0 Å². The van der Waals surface area contributed by atoms with Crippen molar-refractivity contribution in [3.63, 3.8) is 0 Å². The number of rotatable bonds is 6. The molecule has 0 radical (unpaired) electrons. The summed E-state index contributed by atoms with van der Waals surface area (Å²) in [6.07, 6.45) is 2.84.